The number of nitro groups is 1. The Kier molecular flexibility index (Phi) is 2.88. The van der Waals surface area contributed by atoms with Crippen molar-refractivity contribution in [2.24, 2.45) is 0 Å². The number of aliphatic hydroxyl groups excluding tert-OH is 1. The van der Waals surface area contributed by atoms with E-state index in [1.807, 2.05) is 18.2 Å². The van der Waals surface area contributed by atoms with Crippen molar-refractivity contribution in [3.05, 3.63) is 52.1 Å². The number of aliphatic hydroxyl groups is 1. The van der Waals surface area contributed by atoms with Gasteiger partial charge in [0.1, 0.15) is 0 Å². The Hall–Kier alpha value is -2.05. The van der Waals surface area contributed by atoms with Crippen molar-refractivity contribution in [2.45, 2.75) is 16.4 Å². The zero-order chi connectivity index (χ0) is 13.4. The summed E-state index contributed by atoms with van der Waals surface area (Å²) in [7, 11) is 0. The number of hydrogen-bond acceptors (Lipinski definition) is 5. The Labute approximate surface area is 113 Å². The van der Waals surface area contributed by atoms with Gasteiger partial charge in [-0.1, -0.05) is 17.8 Å². The highest BCUT2D eigenvalue weighted by atomic mass is 32.2. The fourth-order valence-electron chi connectivity index (χ4n) is 1.93. The maximum absolute atomic E-state index is 10.8. The van der Waals surface area contributed by atoms with Gasteiger partial charge in [-0.15, -0.1) is 0 Å². The van der Waals surface area contributed by atoms with Crippen LogP contribution in [0, 0.1) is 10.1 Å². The first-order valence-corrected chi connectivity index (χ1v) is 6.46. The monoisotopic (exact) mass is 274 g/mol. The second kappa shape index (κ2) is 4.56. The van der Waals surface area contributed by atoms with Crippen LogP contribution in [0.1, 0.15) is 5.56 Å². The molecule has 2 N–H and O–H groups in total. The molecule has 0 spiro atoms. The molecule has 1 heterocycles. The summed E-state index contributed by atoms with van der Waals surface area (Å²) < 4.78 is 0. The first-order chi connectivity index (χ1) is 9.17. The Bertz CT molecular complexity index is 673. The van der Waals surface area contributed by atoms with E-state index in [1.165, 1.54) is 17.8 Å². The van der Waals surface area contributed by atoms with Gasteiger partial charge in [0.25, 0.3) is 5.69 Å². The van der Waals surface area contributed by atoms with Crippen molar-refractivity contribution in [1.82, 2.24) is 0 Å². The SMILES string of the molecule is O=[N+]([O-])c1ccc2c(c1)Sc1cc(CO)ccc1N2. The summed E-state index contributed by atoms with van der Waals surface area (Å²) in [6, 6.07) is 10.4. The fraction of sp³-hybridized carbons (Fsp3) is 0.0769. The molecule has 0 amide bonds. The van der Waals surface area contributed by atoms with Crippen LogP contribution in [0.25, 0.3) is 0 Å². The molecule has 1 aliphatic rings. The lowest BCUT2D eigenvalue weighted by Crippen LogP contribution is -2.01. The molecule has 19 heavy (non-hydrogen) atoms. The number of hydrogen-bond donors (Lipinski definition) is 2. The summed E-state index contributed by atoms with van der Waals surface area (Å²) in [4.78, 5) is 12.1. The average Bonchev–Trinajstić information content (AvgIpc) is 2.43. The highest BCUT2D eigenvalue weighted by Crippen LogP contribution is 2.45. The maximum atomic E-state index is 10.8. The van der Waals surface area contributed by atoms with E-state index >= 15 is 0 Å². The van der Waals surface area contributed by atoms with Crippen LogP contribution < -0.4 is 5.32 Å². The van der Waals surface area contributed by atoms with Crippen LogP contribution in [0.15, 0.2) is 46.2 Å². The number of anilines is 2. The highest BCUT2D eigenvalue weighted by Gasteiger charge is 2.18. The van der Waals surface area contributed by atoms with Gasteiger partial charge in [-0.3, -0.25) is 10.1 Å². The van der Waals surface area contributed by atoms with Gasteiger partial charge in [0.05, 0.1) is 22.9 Å². The van der Waals surface area contributed by atoms with Crippen LogP contribution in [-0.2, 0) is 6.61 Å². The van der Waals surface area contributed by atoms with Crippen molar-refractivity contribution in [1.29, 1.82) is 0 Å². The number of nitrogens with one attached hydrogen (secondary N) is 1. The molecule has 0 fully saturated rings. The Balaban J connectivity index is 2.02. The fourth-order valence-corrected chi connectivity index (χ4v) is 3.01. The third-order valence-corrected chi connectivity index (χ3v) is 4.01. The number of fused-ring (bicyclic) bond motifs is 2. The Morgan fingerprint density at radius 2 is 1.84 bits per heavy atom. The molecule has 0 unspecified atom stereocenters. The highest BCUT2D eigenvalue weighted by molar-refractivity contribution is 7.99. The van der Waals surface area contributed by atoms with Crippen LogP contribution >= 0.6 is 11.8 Å². The quantitative estimate of drug-likeness (QED) is 0.554. The van der Waals surface area contributed by atoms with Gasteiger partial charge in [0.2, 0.25) is 0 Å². The standard InChI is InChI=1S/C13H10N2O3S/c16-7-8-1-3-10-12(5-8)19-13-6-9(15(17)18)2-4-11(13)14-10/h1-6,14,16H,7H2. The van der Waals surface area contributed by atoms with Crippen LogP contribution in [0.3, 0.4) is 0 Å². The van der Waals surface area contributed by atoms with Crippen molar-refractivity contribution in [3.8, 4) is 0 Å². The minimum atomic E-state index is -0.402. The molecule has 0 aromatic heterocycles. The zero-order valence-corrected chi connectivity index (χ0v) is 10.6. The molecule has 0 aliphatic carbocycles. The summed E-state index contributed by atoms with van der Waals surface area (Å²) in [6.07, 6.45) is 0. The number of rotatable bonds is 2. The van der Waals surface area contributed by atoms with E-state index in [0.29, 0.717) is 0 Å². The van der Waals surface area contributed by atoms with E-state index < -0.39 is 4.92 Å². The molecular formula is C13H10N2O3S. The lowest BCUT2D eigenvalue weighted by Gasteiger charge is -2.20. The molecule has 0 saturated carbocycles. The third kappa shape index (κ3) is 2.16. The molecule has 2 aromatic rings. The summed E-state index contributed by atoms with van der Waals surface area (Å²) in [5, 5.41) is 23.1. The molecule has 0 saturated heterocycles. The summed E-state index contributed by atoms with van der Waals surface area (Å²) >= 11 is 1.47. The topological polar surface area (TPSA) is 75.4 Å². The molecule has 0 radical (unpaired) electrons. The van der Waals surface area contributed by atoms with E-state index in [-0.39, 0.29) is 12.3 Å². The lowest BCUT2D eigenvalue weighted by molar-refractivity contribution is -0.385. The molecule has 1 aliphatic heterocycles. The van der Waals surface area contributed by atoms with E-state index in [2.05, 4.69) is 5.32 Å². The number of nitrogens with zero attached hydrogens (tertiary/aromatic N) is 1. The molecule has 96 valence electrons. The predicted octanol–water partition coefficient (Wildman–Crippen LogP) is 3.30. The molecule has 6 heteroatoms. The number of non-ortho nitro benzene ring substituents is 1. The van der Waals surface area contributed by atoms with Gasteiger partial charge in [-0.2, -0.15) is 0 Å². The Morgan fingerprint density at radius 1 is 1.16 bits per heavy atom. The second-order valence-electron chi connectivity index (χ2n) is 4.15. The summed E-state index contributed by atoms with van der Waals surface area (Å²) in [5.74, 6) is 0. The zero-order valence-electron chi connectivity index (χ0n) is 9.79. The van der Waals surface area contributed by atoms with Crippen LogP contribution in [0.5, 0.6) is 0 Å². The molecule has 5 nitrogen and oxygen atoms in total. The third-order valence-electron chi connectivity index (χ3n) is 2.89. The van der Waals surface area contributed by atoms with Crippen LogP contribution in [0.2, 0.25) is 0 Å². The molecule has 0 bridgehead atoms. The predicted molar refractivity (Wildman–Crippen MR) is 72.9 cm³/mol. The lowest BCUT2D eigenvalue weighted by atomic mass is 10.2. The van der Waals surface area contributed by atoms with Crippen LogP contribution in [-0.4, -0.2) is 10.0 Å². The van der Waals surface area contributed by atoms with Gasteiger partial charge in [-0.25, -0.2) is 0 Å². The normalized spacial score (nSPS) is 12.3. The van der Waals surface area contributed by atoms with E-state index in [9.17, 15) is 10.1 Å². The minimum absolute atomic E-state index is 0.0182. The van der Waals surface area contributed by atoms with Crippen molar-refractivity contribution < 1.29 is 10.0 Å². The smallest absolute Gasteiger partial charge is 0.270 e. The first kappa shape index (κ1) is 12.0. The largest absolute Gasteiger partial charge is 0.392 e. The van der Waals surface area contributed by atoms with E-state index in [4.69, 9.17) is 5.11 Å². The molecule has 2 aromatic carbocycles. The number of nitro benzene ring substituents is 1. The van der Waals surface area contributed by atoms with Gasteiger partial charge in [0.15, 0.2) is 0 Å². The van der Waals surface area contributed by atoms with Crippen molar-refractivity contribution >= 4 is 28.8 Å². The molecule has 3 rings (SSSR count). The molecule has 0 atom stereocenters. The first-order valence-electron chi connectivity index (χ1n) is 5.64. The average molecular weight is 274 g/mol. The summed E-state index contributed by atoms with van der Waals surface area (Å²) in [5.41, 5.74) is 2.71. The number of benzene rings is 2. The van der Waals surface area contributed by atoms with Gasteiger partial charge in [-0.05, 0) is 23.8 Å². The molecular weight excluding hydrogens is 264 g/mol. The van der Waals surface area contributed by atoms with E-state index in [0.717, 1.165) is 26.7 Å². The second-order valence-corrected chi connectivity index (χ2v) is 5.24. The van der Waals surface area contributed by atoms with Crippen LogP contribution in [0.4, 0.5) is 17.1 Å². The van der Waals surface area contributed by atoms with Gasteiger partial charge in [0, 0.05) is 21.9 Å². The maximum Gasteiger partial charge on any atom is 0.270 e. The van der Waals surface area contributed by atoms with Crippen molar-refractivity contribution in [3.63, 3.8) is 0 Å². The van der Waals surface area contributed by atoms with Crippen molar-refractivity contribution in [2.75, 3.05) is 5.32 Å². The van der Waals surface area contributed by atoms with E-state index in [1.54, 1.807) is 12.1 Å². The minimum Gasteiger partial charge on any atom is -0.392 e. The van der Waals surface area contributed by atoms with Gasteiger partial charge < -0.3 is 10.4 Å². The van der Waals surface area contributed by atoms with Gasteiger partial charge >= 0.3 is 0 Å². The summed E-state index contributed by atoms with van der Waals surface area (Å²) in [6.45, 7) is -0.0182. The Morgan fingerprint density at radius 3 is 2.53 bits per heavy atom.